The molecule has 146 valence electrons. The van der Waals surface area contributed by atoms with E-state index in [4.69, 9.17) is 4.74 Å². The van der Waals surface area contributed by atoms with Crippen molar-refractivity contribution in [3.05, 3.63) is 0 Å². The highest BCUT2D eigenvalue weighted by Crippen LogP contribution is 2.20. The fourth-order valence-electron chi connectivity index (χ4n) is 3.95. The molecule has 5 nitrogen and oxygen atoms in total. The molecule has 0 unspecified atom stereocenters. The van der Waals surface area contributed by atoms with Crippen molar-refractivity contribution in [1.82, 2.24) is 15.5 Å². The number of aliphatic imine (C=N–C) groups is 1. The minimum absolute atomic E-state index is 0.518. The number of rotatable bonds is 9. The largest absolute Gasteiger partial charge is 0.378 e. The Morgan fingerprint density at radius 3 is 2.52 bits per heavy atom. The van der Waals surface area contributed by atoms with Crippen molar-refractivity contribution in [2.24, 2.45) is 10.9 Å². The van der Waals surface area contributed by atoms with E-state index >= 15 is 0 Å². The van der Waals surface area contributed by atoms with Gasteiger partial charge in [-0.05, 0) is 64.1 Å². The van der Waals surface area contributed by atoms with Crippen molar-refractivity contribution in [3.8, 4) is 0 Å². The minimum atomic E-state index is 0.518. The van der Waals surface area contributed by atoms with Crippen LogP contribution in [-0.4, -0.2) is 63.3 Å². The number of guanidine groups is 1. The van der Waals surface area contributed by atoms with Crippen molar-refractivity contribution >= 4 is 5.96 Å². The van der Waals surface area contributed by atoms with E-state index in [-0.39, 0.29) is 0 Å². The number of nitrogens with zero attached hydrogens (tertiary/aromatic N) is 2. The molecular formula is C20H40N4O. The Morgan fingerprint density at radius 1 is 1.08 bits per heavy atom. The van der Waals surface area contributed by atoms with Gasteiger partial charge in [0.25, 0.3) is 0 Å². The molecule has 1 aliphatic heterocycles. The van der Waals surface area contributed by atoms with Gasteiger partial charge in [-0.3, -0.25) is 4.99 Å². The summed E-state index contributed by atoms with van der Waals surface area (Å²) in [6.07, 6.45) is 12.0. The van der Waals surface area contributed by atoms with Crippen LogP contribution >= 0.6 is 0 Å². The second-order valence-electron chi connectivity index (χ2n) is 7.65. The first-order chi connectivity index (χ1) is 12.3. The third kappa shape index (κ3) is 8.41. The molecule has 2 fully saturated rings. The van der Waals surface area contributed by atoms with Gasteiger partial charge in [0.1, 0.15) is 0 Å². The molecule has 0 atom stereocenters. The van der Waals surface area contributed by atoms with Gasteiger partial charge in [-0.15, -0.1) is 0 Å². The van der Waals surface area contributed by atoms with Crippen LogP contribution in [0, 0.1) is 5.92 Å². The number of piperidine rings is 1. The number of likely N-dealkylation sites (tertiary alicyclic amines) is 1. The first kappa shape index (κ1) is 20.5. The van der Waals surface area contributed by atoms with Crippen molar-refractivity contribution in [1.29, 1.82) is 0 Å². The monoisotopic (exact) mass is 352 g/mol. The third-order valence-electron chi connectivity index (χ3n) is 5.55. The Labute approximate surface area is 155 Å². The van der Waals surface area contributed by atoms with Gasteiger partial charge in [-0.2, -0.15) is 0 Å². The average Bonchev–Trinajstić information content (AvgIpc) is 2.66. The SMILES string of the molecule is CCCN1CCC(CNC(=NC)NCCCOC2CCCCC2)CC1. The lowest BCUT2D eigenvalue weighted by atomic mass is 9.97. The summed E-state index contributed by atoms with van der Waals surface area (Å²) in [6.45, 7) is 8.87. The molecule has 2 rings (SSSR count). The molecule has 25 heavy (non-hydrogen) atoms. The topological polar surface area (TPSA) is 48.9 Å². The van der Waals surface area contributed by atoms with Crippen molar-refractivity contribution in [3.63, 3.8) is 0 Å². The number of ether oxygens (including phenoxy) is 1. The van der Waals surface area contributed by atoms with Crippen LogP contribution in [0.3, 0.4) is 0 Å². The molecule has 0 spiro atoms. The number of nitrogens with one attached hydrogen (secondary N) is 2. The second-order valence-corrected chi connectivity index (χ2v) is 7.65. The van der Waals surface area contributed by atoms with E-state index in [1.807, 2.05) is 7.05 Å². The lowest BCUT2D eigenvalue weighted by Gasteiger charge is -2.32. The van der Waals surface area contributed by atoms with Crippen molar-refractivity contribution in [2.75, 3.05) is 46.4 Å². The summed E-state index contributed by atoms with van der Waals surface area (Å²) in [5.41, 5.74) is 0. The summed E-state index contributed by atoms with van der Waals surface area (Å²) in [5, 5.41) is 6.93. The maximum Gasteiger partial charge on any atom is 0.190 e. The van der Waals surface area contributed by atoms with Gasteiger partial charge in [0.2, 0.25) is 0 Å². The summed E-state index contributed by atoms with van der Waals surface area (Å²) in [7, 11) is 1.86. The van der Waals surface area contributed by atoms with E-state index in [9.17, 15) is 0 Å². The first-order valence-electron chi connectivity index (χ1n) is 10.6. The Morgan fingerprint density at radius 2 is 1.84 bits per heavy atom. The molecule has 2 N–H and O–H groups in total. The van der Waals surface area contributed by atoms with Crippen LogP contribution < -0.4 is 10.6 Å². The predicted molar refractivity (Wildman–Crippen MR) is 106 cm³/mol. The fraction of sp³-hybridized carbons (Fsp3) is 0.950. The zero-order chi connectivity index (χ0) is 17.7. The molecule has 0 aromatic rings. The highest BCUT2D eigenvalue weighted by molar-refractivity contribution is 5.79. The summed E-state index contributed by atoms with van der Waals surface area (Å²) >= 11 is 0. The molecular weight excluding hydrogens is 312 g/mol. The van der Waals surface area contributed by atoms with E-state index in [1.165, 1.54) is 71.0 Å². The highest BCUT2D eigenvalue weighted by atomic mass is 16.5. The van der Waals surface area contributed by atoms with Crippen molar-refractivity contribution < 1.29 is 4.74 Å². The molecule has 1 saturated heterocycles. The smallest absolute Gasteiger partial charge is 0.190 e. The van der Waals surface area contributed by atoms with Crippen LogP contribution in [0.15, 0.2) is 4.99 Å². The first-order valence-corrected chi connectivity index (χ1v) is 10.6. The Kier molecular flexibility index (Phi) is 10.3. The predicted octanol–water partition coefficient (Wildman–Crippen LogP) is 3.01. The zero-order valence-corrected chi connectivity index (χ0v) is 16.6. The quantitative estimate of drug-likeness (QED) is 0.380. The van der Waals surface area contributed by atoms with Gasteiger partial charge in [0.05, 0.1) is 6.10 Å². The van der Waals surface area contributed by atoms with E-state index in [0.29, 0.717) is 6.10 Å². The van der Waals surface area contributed by atoms with Gasteiger partial charge >= 0.3 is 0 Å². The van der Waals surface area contributed by atoms with Crippen LogP contribution in [0.4, 0.5) is 0 Å². The van der Waals surface area contributed by atoms with Crippen molar-refractivity contribution in [2.45, 2.75) is 70.8 Å². The molecule has 1 heterocycles. The van der Waals surface area contributed by atoms with Crippen LogP contribution in [0.2, 0.25) is 0 Å². The molecule has 5 heteroatoms. The van der Waals surface area contributed by atoms with Gasteiger partial charge in [-0.25, -0.2) is 0 Å². The molecule has 1 aliphatic carbocycles. The fourth-order valence-corrected chi connectivity index (χ4v) is 3.95. The van der Waals surface area contributed by atoms with E-state index < -0.39 is 0 Å². The molecule has 0 radical (unpaired) electrons. The molecule has 0 aromatic heterocycles. The molecule has 1 saturated carbocycles. The Hall–Kier alpha value is -0.810. The lowest BCUT2D eigenvalue weighted by molar-refractivity contribution is 0.0277. The lowest BCUT2D eigenvalue weighted by Crippen LogP contribution is -2.43. The third-order valence-corrected chi connectivity index (χ3v) is 5.55. The molecule has 2 aliphatic rings. The molecule has 0 bridgehead atoms. The van der Waals surface area contributed by atoms with E-state index in [2.05, 4.69) is 27.4 Å². The van der Waals surface area contributed by atoms with E-state index in [0.717, 1.165) is 38.0 Å². The molecule has 0 aromatic carbocycles. The maximum absolute atomic E-state index is 5.98. The van der Waals surface area contributed by atoms with Gasteiger partial charge in [0, 0.05) is 26.7 Å². The Balaban J connectivity index is 1.49. The minimum Gasteiger partial charge on any atom is -0.378 e. The summed E-state index contributed by atoms with van der Waals surface area (Å²) in [4.78, 5) is 6.94. The summed E-state index contributed by atoms with van der Waals surface area (Å²) < 4.78 is 5.98. The maximum atomic E-state index is 5.98. The Bertz CT molecular complexity index is 361. The van der Waals surface area contributed by atoms with Crippen LogP contribution in [0.5, 0.6) is 0 Å². The van der Waals surface area contributed by atoms with E-state index in [1.54, 1.807) is 0 Å². The highest BCUT2D eigenvalue weighted by Gasteiger charge is 2.18. The van der Waals surface area contributed by atoms with Gasteiger partial charge in [0.15, 0.2) is 5.96 Å². The van der Waals surface area contributed by atoms with Crippen LogP contribution in [0.1, 0.15) is 64.7 Å². The van der Waals surface area contributed by atoms with Gasteiger partial charge < -0.3 is 20.3 Å². The summed E-state index contributed by atoms with van der Waals surface area (Å²) in [6, 6.07) is 0. The number of hydrogen-bond donors (Lipinski definition) is 2. The van der Waals surface area contributed by atoms with Gasteiger partial charge in [-0.1, -0.05) is 26.2 Å². The summed E-state index contributed by atoms with van der Waals surface area (Å²) in [5.74, 6) is 1.72. The zero-order valence-electron chi connectivity index (χ0n) is 16.6. The normalized spacial score (nSPS) is 21.4. The average molecular weight is 353 g/mol. The van der Waals surface area contributed by atoms with Crippen LogP contribution in [-0.2, 0) is 4.74 Å². The second kappa shape index (κ2) is 12.5. The number of hydrogen-bond acceptors (Lipinski definition) is 3. The molecule has 0 amide bonds. The standard InChI is InChI=1S/C20H40N4O/c1-3-13-24-14-10-18(11-15-24)17-23-20(21-2)22-12-7-16-25-19-8-5-4-6-9-19/h18-19H,3-17H2,1-2H3,(H2,21,22,23). The van der Waals surface area contributed by atoms with Crippen LogP contribution in [0.25, 0.3) is 0 Å².